The van der Waals surface area contributed by atoms with Gasteiger partial charge in [-0.2, -0.15) is 0 Å². The monoisotopic (exact) mass is 431 g/mol. The Morgan fingerprint density at radius 2 is 1.87 bits per heavy atom. The fourth-order valence-electron chi connectivity index (χ4n) is 3.24. The summed E-state index contributed by atoms with van der Waals surface area (Å²) in [6, 6.07) is 18.3. The quantitative estimate of drug-likeness (QED) is 0.180. The molecule has 7 heteroatoms. The molecule has 4 rings (SSSR count). The number of ether oxygens (including phenoxy) is 1. The number of fused-ring (bicyclic) bond motifs is 1. The number of carbonyl (C=O) groups excluding carboxylic acids is 1. The number of Topliss-reactive ketones (excluding diaryl/α,β-unsaturated/α-hetero) is 1. The van der Waals surface area contributed by atoms with Crippen LogP contribution in [-0.4, -0.2) is 32.7 Å². The van der Waals surface area contributed by atoms with E-state index in [0.29, 0.717) is 46.3 Å². The predicted octanol–water partition coefficient (Wildman–Crippen LogP) is 4.21. The summed E-state index contributed by atoms with van der Waals surface area (Å²) in [4.78, 5) is 33.8. The Hall–Kier alpha value is -3.45. The van der Waals surface area contributed by atoms with Gasteiger partial charge in [-0.3, -0.25) is 19.1 Å². The number of hydrogen-bond acceptors (Lipinski definition) is 6. The van der Waals surface area contributed by atoms with Gasteiger partial charge in [0.1, 0.15) is 5.75 Å². The summed E-state index contributed by atoms with van der Waals surface area (Å²) in [6.45, 7) is 2.29. The van der Waals surface area contributed by atoms with Crippen molar-refractivity contribution < 1.29 is 9.53 Å². The molecule has 0 spiro atoms. The number of aromatic nitrogens is 3. The van der Waals surface area contributed by atoms with Gasteiger partial charge in [-0.1, -0.05) is 42.1 Å². The molecule has 31 heavy (non-hydrogen) atoms. The Bertz CT molecular complexity index is 1270. The van der Waals surface area contributed by atoms with Crippen LogP contribution in [0.2, 0.25) is 0 Å². The molecule has 2 aromatic heterocycles. The van der Waals surface area contributed by atoms with E-state index in [9.17, 15) is 9.59 Å². The molecule has 0 fully saturated rings. The predicted molar refractivity (Wildman–Crippen MR) is 122 cm³/mol. The second kappa shape index (κ2) is 9.57. The molecule has 2 heterocycles. The molecule has 0 radical (unpaired) electrons. The van der Waals surface area contributed by atoms with Crippen molar-refractivity contribution in [1.29, 1.82) is 0 Å². The van der Waals surface area contributed by atoms with E-state index < -0.39 is 0 Å². The Labute approximate surface area is 183 Å². The van der Waals surface area contributed by atoms with Crippen molar-refractivity contribution >= 4 is 28.4 Å². The summed E-state index contributed by atoms with van der Waals surface area (Å²) in [5.41, 5.74) is 2.07. The highest BCUT2D eigenvalue weighted by Gasteiger charge is 2.13. The highest BCUT2D eigenvalue weighted by atomic mass is 32.2. The topological polar surface area (TPSA) is 74.1 Å². The second-order valence-corrected chi connectivity index (χ2v) is 7.98. The molecule has 0 unspecified atom stereocenters. The third-order valence-corrected chi connectivity index (χ3v) is 5.67. The second-order valence-electron chi connectivity index (χ2n) is 6.91. The molecule has 156 valence electrons. The standard InChI is InChI=1S/C24H21N3O3S/c1-17(28)19-8-3-5-11-22(19)30-13-14-31-24-26-21-10-4-2-9-20(21)23(29)27(24)16-18-7-6-12-25-15-18/h2-12,15H,13-14,16H2,1H3. The van der Waals surface area contributed by atoms with Gasteiger partial charge in [0.25, 0.3) is 5.56 Å². The van der Waals surface area contributed by atoms with Crippen molar-refractivity contribution in [2.75, 3.05) is 12.4 Å². The molecule has 6 nitrogen and oxygen atoms in total. The molecule has 0 bridgehead atoms. The summed E-state index contributed by atoms with van der Waals surface area (Å²) in [5, 5.41) is 1.21. The van der Waals surface area contributed by atoms with E-state index in [2.05, 4.69) is 4.98 Å². The Balaban J connectivity index is 1.56. The largest absolute Gasteiger partial charge is 0.492 e. The van der Waals surface area contributed by atoms with E-state index in [1.165, 1.54) is 18.7 Å². The Kier molecular flexibility index (Phi) is 6.43. The Morgan fingerprint density at radius 1 is 1.06 bits per heavy atom. The first-order valence-electron chi connectivity index (χ1n) is 9.87. The lowest BCUT2D eigenvalue weighted by molar-refractivity contribution is 0.101. The summed E-state index contributed by atoms with van der Waals surface area (Å²) >= 11 is 1.45. The highest BCUT2D eigenvalue weighted by molar-refractivity contribution is 7.99. The molecule has 0 aliphatic carbocycles. The van der Waals surface area contributed by atoms with Crippen molar-refractivity contribution in [2.45, 2.75) is 18.6 Å². The van der Waals surface area contributed by atoms with Crippen LogP contribution in [0.3, 0.4) is 0 Å². The van der Waals surface area contributed by atoms with E-state index in [-0.39, 0.29) is 11.3 Å². The average Bonchev–Trinajstić information content (AvgIpc) is 2.80. The Morgan fingerprint density at radius 3 is 2.68 bits per heavy atom. The molecule has 0 aliphatic heterocycles. The molecule has 0 aliphatic rings. The zero-order valence-electron chi connectivity index (χ0n) is 17.0. The number of thioether (sulfide) groups is 1. The van der Waals surface area contributed by atoms with Crippen LogP contribution in [0.25, 0.3) is 10.9 Å². The van der Waals surface area contributed by atoms with E-state index in [1.807, 2.05) is 42.5 Å². The maximum absolute atomic E-state index is 13.1. The number of nitrogens with zero attached hydrogens (tertiary/aromatic N) is 3. The number of rotatable bonds is 8. The van der Waals surface area contributed by atoms with E-state index in [0.717, 1.165) is 5.56 Å². The van der Waals surface area contributed by atoms with Gasteiger partial charge >= 0.3 is 0 Å². The van der Waals surface area contributed by atoms with Crippen LogP contribution in [-0.2, 0) is 6.54 Å². The summed E-state index contributed by atoms with van der Waals surface area (Å²) < 4.78 is 7.50. The lowest BCUT2D eigenvalue weighted by Crippen LogP contribution is -2.24. The summed E-state index contributed by atoms with van der Waals surface area (Å²) in [5.74, 6) is 1.10. The number of para-hydroxylation sites is 2. The number of ketones is 1. The van der Waals surface area contributed by atoms with Crippen LogP contribution in [0.1, 0.15) is 22.8 Å². The molecule has 2 aromatic carbocycles. The van der Waals surface area contributed by atoms with Crippen LogP contribution < -0.4 is 10.3 Å². The van der Waals surface area contributed by atoms with E-state index in [4.69, 9.17) is 9.72 Å². The van der Waals surface area contributed by atoms with E-state index in [1.54, 1.807) is 35.2 Å². The van der Waals surface area contributed by atoms with Gasteiger partial charge in [0.15, 0.2) is 10.9 Å². The third kappa shape index (κ3) is 4.83. The van der Waals surface area contributed by atoms with Gasteiger partial charge in [0.2, 0.25) is 0 Å². The van der Waals surface area contributed by atoms with Gasteiger partial charge < -0.3 is 4.74 Å². The molecule has 0 saturated carbocycles. The SMILES string of the molecule is CC(=O)c1ccccc1OCCSc1nc2ccccc2c(=O)n1Cc1cccnc1. The molecule has 0 amide bonds. The normalized spacial score (nSPS) is 10.9. The third-order valence-electron chi connectivity index (χ3n) is 4.73. The summed E-state index contributed by atoms with van der Waals surface area (Å²) in [7, 11) is 0. The van der Waals surface area contributed by atoms with Crippen LogP contribution in [0.5, 0.6) is 5.75 Å². The molecule has 0 saturated heterocycles. The molecule has 0 atom stereocenters. The van der Waals surface area contributed by atoms with Crippen LogP contribution >= 0.6 is 11.8 Å². The van der Waals surface area contributed by atoms with Gasteiger partial charge in [0, 0.05) is 18.1 Å². The minimum atomic E-state index is -0.0835. The van der Waals surface area contributed by atoms with Crippen molar-refractivity contribution in [3.05, 3.63) is 94.5 Å². The van der Waals surface area contributed by atoms with E-state index >= 15 is 0 Å². The highest BCUT2D eigenvalue weighted by Crippen LogP contribution is 2.21. The van der Waals surface area contributed by atoms with Crippen LogP contribution in [0, 0.1) is 0 Å². The lowest BCUT2D eigenvalue weighted by atomic mass is 10.1. The first kappa shape index (κ1) is 20.8. The fraction of sp³-hybridized carbons (Fsp3) is 0.167. The summed E-state index contributed by atoms with van der Waals surface area (Å²) in [6.07, 6.45) is 3.45. The number of carbonyl (C=O) groups is 1. The fourth-order valence-corrected chi connectivity index (χ4v) is 4.05. The lowest BCUT2D eigenvalue weighted by Gasteiger charge is -2.14. The first-order valence-corrected chi connectivity index (χ1v) is 10.9. The zero-order chi connectivity index (χ0) is 21.6. The zero-order valence-corrected chi connectivity index (χ0v) is 17.8. The van der Waals surface area contributed by atoms with Crippen molar-refractivity contribution in [2.24, 2.45) is 0 Å². The maximum Gasteiger partial charge on any atom is 0.262 e. The van der Waals surface area contributed by atoms with Crippen molar-refractivity contribution in [1.82, 2.24) is 14.5 Å². The molecular weight excluding hydrogens is 410 g/mol. The van der Waals surface area contributed by atoms with Crippen molar-refractivity contribution in [3.8, 4) is 5.75 Å². The van der Waals surface area contributed by atoms with Crippen molar-refractivity contribution in [3.63, 3.8) is 0 Å². The van der Waals surface area contributed by atoms with Gasteiger partial charge in [0.05, 0.1) is 29.6 Å². The van der Waals surface area contributed by atoms with Gasteiger partial charge in [-0.15, -0.1) is 0 Å². The van der Waals surface area contributed by atoms with Crippen LogP contribution in [0.15, 0.2) is 83.0 Å². The molecule has 4 aromatic rings. The number of benzene rings is 2. The van der Waals surface area contributed by atoms with Crippen LogP contribution in [0.4, 0.5) is 0 Å². The smallest absolute Gasteiger partial charge is 0.262 e. The average molecular weight is 432 g/mol. The molecular formula is C24H21N3O3S. The van der Waals surface area contributed by atoms with Gasteiger partial charge in [-0.05, 0) is 42.8 Å². The minimum Gasteiger partial charge on any atom is -0.492 e. The molecule has 0 N–H and O–H groups in total. The minimum absolute atomic E-state index is 0.0373. The maximum atomic E-state index is 13.1. The van der Waals surface area contributed by atoms with Gasteiger partial charge in [-0.25, -0.2) is 4.98 Å². The number of pyridine rings is 1. The number of hydrogen-bond donors (Lipinski definition) is 0. The first-order chi connectivity index (χ1) is 15.1.